The van der Waals surface area contributed by atoms with E-state index in [4.69, 9.17) is 9.47 Å². The summed E-state index contributed by atoms with van der Waals surface area (Å²) in [5.41, 5.74) is 0. The lowest BCUT2D eigenvalue weighted by molar-refractivity contribution is 0.168. The number of alkyl carbamates (subject to hydrolysis) is 1. The Hall–Kier alpha value is -2.76. The number of ether oxygens (including phenoxy) is 3. The number of carbonyl (C=O) groups is 1. The van der Waals surface area contributed by atoms with Crippen molar-refractivity contribution in [2.75, 3.05) is 20.3 Å². The Morgan fingerprint density at radius 2 is 1.90 bits per heavy atom. The maximum atomic E-state index is 10.8. The molecular formula is C15H16N2O4. The van der Waals surface area contributed by atoms with Crippen molar-refractivity contribution < 1.29 is 19.0 Å². The van der Waals surface area contributed by atoms with E-state index in [-0.39, 0.29) is 0 Å². The molecule has 0 saturated carbocycles. The standard InChI is InChI=1S/C15H16N2O4/c1-19-15(18)17-10-11-20-12-5-7-13(8-6-12)21-14-4-2-3-9-16-14/h2-9H,10-11H2,1H3,(H,17,18). The van der Waals surface area contributed by atoms with E-state index in [0.717, 1.165) is 0 Å². The van der Waals surface area contributed by atoms with Crippen LogP contribution in [0.5, 0.6) is 17.4 Å². The van der Waals surface area contributed by atoms with Crippen LogP contribution >= 0.6 is 0 Å². The molecule has 2 rings (SSSR count). The minimum absolute atomic E-state index is 0.357. The normalized spacial score (nSPS) is 9.76. The van der Waals surface area contributed by atoms with Gasteiger partial charge >= 0.3 is 6.09 Å². The predicted octanol–water partition coefficient (Wildman–Crippen LogP) is 2.61. The minimum atomic E-state index is -0.474. The third-order valence-corrected chi connectivity index (χ3v) is 2.51. The summed E-state index contributed by atoms with van der Waals surface area (Å²) in [6, 6.07) is 12.6. The number of nitrogens with one attached hydrogen (secondary N) is 1. The van der Waals surface area contributed by atoms with Gasteiger partial charge in [0.1, 0.15) is 18.1 Å². The molecule has 0 aliphatic rings. The van der Waals surface area contributed by atoms with Gasteiger partial charge in [0.05, 0.1) is 13.7 Å². The summed E-state index contributed by atoms with van der Waals surface area (Å²) in [4.78, 5) is 14.9. The number of carbonyl (C=O) groups excluding carboxylic acids is 1. The molecule has 0 fully saturated rings. The highest BCUT2D eigenvalue weighted by Gasteiger charge is 2.00. The van der Waals surface area contributed by atoms with Crippen LogP contribution < -0.4 is 14.8 Å². The molecule has 0 radical (unpaired) electrons. The molecule has 1 aromatic carbocycles. The predicted molar refractivity (Wildman–Crippen MR) is 76.7 cm³/mol. The first kappa shape index (κ1) is 14.6. The molecule has 0 bridgehead atoms. The second kappa shape index (κ2) is 7.74. The molecule has 0 saturated heterocycles. The summed E-state index contributed by atoms with van der Waals surface area (Å²) in [7, 11) is 1.32. The van der Waals surface area contributed by atoms with Gasteiger partial charge in [0.15, 0.2) is 0 Å². The van der Waals surface area contributed by atoms with E-state index >= 15 is 0 Å². The highest BCUT2D eigenvalue weighted by atomic mass is 16.5. The smallest absolute Gasteiger partial charge is 0.406 e. The van der Waals surface area contributed by atoms with Crippen molar-refractivity contribution in [3.63, 3.8) is 0 Å². The van der Waals surface area contributed by atoms with Crippen molar-refractivity contribution in [2.45, 2.75) is 0 Å². The molecule has 2 aromatic rings. The van der Waals surface area contributed by atoms with Crippen LogP contribution in [0, 0.1) is 0 Å². The molecule has 0 spiro atoms. The van der Waals surface area contributed by atoms with Gasteiger partial charge in [-0.3, -0.25) is 0 Å². The Balaban J connectivity index is 1.78. The zero-order chi connectivity index (χ0) is 14.9. The molecule has 1 N–H and O–H groups in total. The maximum Gasteiger partial charge on any atom is 0.406 e. The van der Waals surface area contributed by atoms with Crippen LogP contribution in [0.25, 0.3) is 0 Å². The largest absolute Gasteiger partial charge is 0.492 e. The zero-order valence-corrected chi connectivity index (χ0v) is 11.6. The first-order valence-corrected chi connectivity index (χ1v) is 6.41. The first-order valence-electron chi connectivity index (χ1n) is 6.41. The number of aromatic nitrogens is 1. The topological polar surface area (TPSA) is 69.7 Å². The minimum Gasteiger partial charge on any atom is -0.492 e. The highest BCUT2D eigenvalue weighted by molar-refractivity contribution is 5.66. The fourth-order valence-electron chi connectivity index (χ4n) is 1.53. The number of benzene rings is 1. The molecule has 1 heterocycles. The first-order chi connectivity index (χ1) is 10.3. The van der Waals surface area contributed by atoms with Crippen LogP contribution in [-0.2, 0) is 4.74 Å². The van der Waals surface area contributed by atoms with Crippen molar-refractivity contribution in [1.29, 1.82) is 0 Å². The third kappa shape index (κ3) is 5.02. The SMILES string of the molecule is COC(=O)NCCOc1ccc(Oc2ccccn2)cc1. The van der Waals surface area contributed by atoms with Crippen molar-refractivity contribution in [2.24, 2.45) is 0 Å². The Kier molecular flexibility index (Phi) is 5.40. The summed E-state index contributed by atoms with van der Waals surface area (Å²) in [5.74, 6) is 1.90. The van der Waals surface area contributed by atoms with E-state index in [0.29, 0.717) is 30.5 Å². The van der Waals surface area contributed by atoms with Gasteiger partial charge in [-0.1, -0.05) is 6.07 Å². The van der Waals surface area contributed by atoms with E-state index in [1.165, 1.54) is 7.11 Å². The van der Waals surface area contributed by atoms with Crippen LogP contribution in [0.15, 0.2) is 48.7 Å². The van der Waals surface area contributed by atoms with Crippen molar-refractivity contribution in [3.05, 3.63) is 48.7 Å². The zero-order valence-electron chi connectivity index (χ0n) is 11.6. The van der Waals surface area contributed by atoms with E-state index in [9.17, 15) is 4.79 Å². The van der Waals surface area contributed by atoms with E-state index in [2.05, 4.69) is 15.0 Å². The highest BCUT2D eigenvalue weighted by Crippen LogP contribution is 2.21. The number of pyridine rings is 1. The quantitative estimate of drug-likeness (QED) is 0.827. The van der Waals surface area contributed by atoms with Crippen LogP contribution in [0.4, 0.5) is 4.79 Å². The fourth-order valence-corrected chi connectivity index (χ4v) is 1.53. The van der Waals surface area contributed by atoms with E-state index < -0.39 is 6.09 Å². The second-order valence-electron chi connectivity index (χ2n) is 4.01. The van der Waals surface area contributed by atoms with E-state index in [1.54, 1.807) is 36.5 Å². The van der Waals surface area contributed by atoms with Crippen molar-refractivity contribution >= 4 is 6.09 Å². The van der Waals surface area contributed by atoms with E-state index in [1.807, 2.05) is 12.1 Å². The molecule has 0 aliphatic carbocycles. The molecule has 21 heavy (non-hydrogen) atoms. The molecule has 6 nitrogen and oxygen atoms in total. The molecule has 0 unspecified atom stereocenters. The number of methoxy groups -OCH3 is 1. The second-order valence-corrected chi connectivity index (χ2v) is 4.01. The van der Waals surface area contributed by atoms with Crippen LogP contribution in [0.1, 0.15) is 0 Å². The number of amides is 1. The lowest BCUT2D eigenvalue weighted by Gasteiger charge is -2.08. The van der Waals surface area contributed by atoms with Gasteiger partial charge in [-0.05, 0) is 30.3 Å². The Morgan fingerprint density at radius 3 is 2.57 bits per heavy atom. The summed E-state index contributed by atoms with van der Waals surface area (Å²) in [5, 5.41) is 2.53. The van der Waals surface area contributed by atoms with Gasteiger partial charge in [0.2, 0.25) is 5.88 Å². The summed E-state index contributed by atoms with van der Waals surface area (Å²) < 4.78 is 15.5. The van der Waals surface area contributed by atoms with Gasteiger partial charge in [0.25, 0.3) is 0 Å². The Labute approximate surface area is 122 Å². The van der Waals surface area contributed by atoms with Gasteiger partial charge in [-0.15, -0.1) is 0 Å². The van der Waals surface area contributed by atoms with Gasteiger partial charge in [-0.25, -0.2) is 9.78 Å². The Bertz CT molecular complexity index is 558. The molecule has 1 aromatic heterocycles. The summed E-state index contributed by atoms with van der Waals surface area (Å²) in [6.45, 7) is 0.731. The van der Waals surface area contributed by atoms with Gasteiger partial charge in [0, 0.05) is 12.3 Å². The molecule has 0 aliphatic heterocycles. The average molecular weight is 288 g/mol. The van der Waals surface area contributed by atoms with Gasteiger partial charge in [-0.2, -0.15) is 0 Å². The van der Waals surface area contributed by atoms with Gasteiger partial charge < -0.3 is 19.5 Å². The molecule has 6 heteroatoms. The maximum absolute atomic E-state index is 10.8. The molecular weight excluding hydrogens is 272 g/mol. The third-order valence-electron chi connectivity index (χ3n) is 2.51. The molecule has 0 atom stereocenters. The van der Waals surface area contributed by atoms with Crippen LogP contribution in [0.2, 0.25) is 0 Å². The summed E-state index contributed by atoms with van der Waals surface area (Å²) >= 11 is 0. The average Bonchev–Trinajstić information content (AvgIpc) is 2.54. The monoisotopic (exact) mass is 288 g/mol. The van der Waals surface area contributed by atoms with Crippen molar-refractivity contribution in [3.8, 4) is 17.4 Å². The van der Waals surface area contributed by atoms with Crippen LogP contribution in [0.3, 0.4) is 0 Å². The van der Waals surface area contributed by atoms with Crippen LogP contribution in [-0.4, -0.2) is 31.3 Å². The number of rotatable bonds is 6. The number of hydrogen-bond acceptors (Lipinski definition) is 5. The number of hydrogen-bond donors (Lipinski definition) is 1. The molecule has 1 amide bonds. The fraction of sp³-hybridized carbons (Fsp3) is 0.200. The lowest BCUT2D eigenvalue weighted by Crippen LogP contribution is -2.27. The Morgan fingerprint density at radius 1 is 1.14 bits per heavy atom. The lowest BCUT2D eigenvalue weighted by atomic mass is 10.3. The number of nitrogens with zero attached hydrogens (tertiary/aromatic N) is 1. The summed E-state index contributed by atoms with van der Waals surface area (Å²) in [6.07, 6.45) is 1.19. The molecule has 110 valence electrons. The van der Waals surface area contributed by atoms with Crippen molar-refractivity contribution in [1.82, 2.24) is 10.3 Å².